The third-order valence-corrected chi connectivity index (χ3v) is 6.32. The molecule has 0 N–H and O–H groups in total. The summed E-state index contributed by atoms with van der Waals surface area (Å²) < 4.78 is 25.4. The molecule has 5 nitrogen and oxygen atoms in total. The Hall–Kier alpha value is -3.38. The van der Waals surface area contributed by atoms with Crippen LogP contribution in [0.3, 0.4) is 0 Å². The number of hydrogen-bond acceptors (Lipinski definition) is 4. The third-order valence-electron chi connectivity index (χ3n) is 6.32. The summed E-state index contributed by atoms with van der Waals surface area (Å²) in [4.78, 5) is 17.2. The molecule has 0 aromatic heterocycles. The molecule has 2 aliphatic rings. The first-order chi connectivity index (χ1) is 15.5. The Kier molecular flexibility index (Phi) is 5.31. The minimum absolute atomic E-state index is 0.0442. The lowest BCUT2D eigenvalue weighted by Crippen LogP contribution is -2.44. The van der Waals surface area contributed by atoms with Crippen LogP contribution in [0, 0.1) is 5.82 Å². The topological polar surface area (TPSA) is 42.0 Å². The van der Waals surface area contributed by atoms with E-state index >= 15 is 0 Å². The number of carbonyl (C=O) groups excluding carboxylic acids is 1. The summed E-state index contributed by atoms with van der Waals surface area (Å²) in [6.07, 6.45) is -0.153. The van der Waals surface area contributed by atoms with E-state index in [1.54, 1.807) is 24.1 Å². The normalized spacial score (nSPS) is 20.3. The summed E-state index contributed by atoms with van der Waals surface area (Å²) in [7, 11) is 3.48. The van der Waals surface area contributed by atoms with Crippen LogP contribution in [0.2, 0.25) is 0 Å². The Morgan fingerprint density at radius 2 is 1.84 bits per heavy atom. The molecule has 0 spiro atoms. The average Bonchev–Trinajstić information content (AvgIpc) is 3.16. The van der Waals surface area contributed by atoms with Crippen LogP contribution in [0.15, 0.2) is 66.7 Å². The van der Waals surface area contributed by atoms with Crippen molar-refractivity contribution in [2.24, 2.45) is 0 Å². The Labute approximate surface area is 187 Å². The lowest BCUT2D eigenvalue weighted by molar-refractivity contribution is 0.0682. The Balaban J connectivity index is 1.42. The van der Waals surface area contributed by atoms with Crippen LogP contribution in [0.25, 0.3) is 11.1 Å². The van der Waals surface area contributed by atoms with Gasteiger partial charge in [0.05, 0.1) is 18.7 Å². The SMILES string of the molecule is COc1cccc(-c2ccc3c(c2)OC2CN(Cc4cccc(F)c4)CC2N(C)C3=O)c1. The second kappa shape index (κ2) is 8.28. The molecule has 2 atom stereocenters. The molecule has 164 valence electrons. The minimum atomic E-state index is -0.238. The molecule has 0 saturated carbocycles. The molecule has 0 aliphatic carbocycles. The smallest absolute Gasteiger partial charge is 0.257 e. The highest BCUT2D eigenvalue weighted by Crippen LogP contribution is 2.35. The number of nitrogens with zero attached hydrogens (tertiary/aromatic N) is 2. The molecule has 0 radical (unpaired) electrons. The van der Waals surface area contributed by atoms with Crippen LogP contribution >= 0.6 is 0 Å². The van der Waals surface area contributed by atoms with Crippen molar-refractivity contribution in [3.63, 3.8) is 0 Å². The second-order valence-corrected chi connectivity index (χ2v) is 8.41. The number of fused-ring (bicyclic) bond motifs is 2. The van der Waals surface area contributed by atoms with E-state index in [1.165, 1.54) is 6.07 Å². The molecule has 1 fully saturated rings. The van der Waals surface area contributed by atoms with E-state index < -0.39 is 0 Å². The van der Waals surface area contributed by atoms with Crippen LogP contribution in [0.5, 0.6) is 11.5 Å². The van der Waals surface area contributed by atoms with Crippen molar-refractivity contribution < 1.29 is 18.7 Å². The number of carbonyl (C=O) groups is 1. The van der Waals surface area contributed by atoms with E-state index in [9.17, 15) is 9.18 Å². The summed E-state index contributed by atoms with van der Waals surface area (Å²) in [6, 6.07) is 20.1. The van der Waals surface area contributed by atoms with Crippen molar-refractivity contribution >= 4 is 5.91 Å². The Morgan fingerprint density at radius 3 is 2.66 bits per heavy atom. The average molecular weight is 432 g/mol. The number of ether oxygens (including phenoxy) is 2. The number of halogens is 1. The first-order valence-corrected chi connectivity index (χ1v) is 10.7. The summed E-state index contributed by atoms with van der Waals surface area (Å²) in [5, 5.41) is 0. The maximum Gasteiger partial charge on any atom is 0.257 e. The molecule has 1 saturated heterocycles. The maximum absolute atomic E-state index is 13.6. The van der Waals surface area contributed by atoms with Gasteiger partial charge in [0, 0.05) is 26.7 Å². The van der Waals surface area contributed by atoms with Gasteiger partial charge in [-0.2, -0.15) is 0 Å². The van der Waals surface area contributed by atoms with Gasteiger partial charge in [-0.15, -0.1) is 0 Å². The van der Waals surface area contributed by atoms with Gasteiger partial charge in [-0.25, -0.2) is 4.39 Å². The summed E-state index contributed by atoms with van der Waals surface area (Å²) in [5.74, 6) is 1.09. The van der Waals surface area contributed by atoms with Gasteiger partial charge in [0.1, 0.15) is 23.4 Å². The zero-order valence-electron chi connectivity index (χ0n) is 18.1. The molecule has 0 bridgehead atoms. The van der Waals surface area contributed by atoms with Crippen LogP contribution in [-0.2, 0) is 6.54 Å². The second-order valence-electron chi connectivity index (χ2n) is 8.41. The van der Waals surface area contributed by atoms with Crippen LogP contribution in [-0.4, -0.2) is 55.1 Å². The number of amides is 1. The van der Waals surface area contributed by atoms with Gasteiger partial charge in [0.2, 0.25) is 0 Å². The first kappa shape index (κ1) is 20.5. The van der Waals surface area contributed by atoms with Gasteiger partial charge in [-0.05, 0) is 53.1 Å². The zero-order valence-corrected chi connectivity index (χ0v) is 18.1. The van der Waals surface area contributed by atoms with E-state index in [0.29, 0.717) is 30.9 Å². The van der Waals surface area contributed by atoms with Crippen molar-refractivity contribution in [2.75, 3.05) is 27.2 Å². The van der Waals surface area contributed by atoms with Crippen LogP contribution < -0.4 is 9.47 Å². The molecular weight excluding hydrogens is 407 g/mol. The molecule has 3 aromatic rings. The highest BCUT2D eigenvalue weighted by molar-refractivity contribution is 5.98. The van der Waals surface area contributed by atoms with Crippen LogP contribution in [0.4, 0.5) is 4.39 Å². The molecule has 2 aliphatic heterocycles. The molecule has 2 unspecified atom stereocenters. The lowest BCUT2D eigenvalue weighted by atomic mass is 10.0. The van der Waals surface area contributed by atoms with Gasteiger partial charge in [-0.1, -0.05) is 30.3 Å². The first-order valence-electron chi connectivity index (χ1n) is 10.7. The number of rotatable bonds is 4. The number of methoxy groups -OCH3 is 1. The highest BCUT2D eigenvalue weighted by Gasteiger charge is 2.42. The number of likely N-dealkylation sites (N-methyl/N-ethyl adjacent to an activating group) is 1. The molecule has 5 rings (SSSR count). The molecular formula is C26H25FN2O3. The lowest BCUT2D eigenvalue weighted by Gasteiger charge is -2.25. The quantitative estimate of drug-likeness (QED) is 0.619. The van der Waals surface area contributed by atoms with Crippen molar-refractivity contribution in [3.05, 3.63) is 83.7 Å². The van der Waals surface area contributed by atoms with Gasteiger partial charge in [-0.3, -0.25) is 9.69 Å². The van der Waals surface area contributed by atoms with E-state index in [0.717, 1.165) is 22.4 Å². The highest BCUT2D eigenvalue weighted by atomic mass is 19.1. The molecule has 32 heavy (non-hydrogen) atoms. The standard InChI is InChI=1S/C26H25FN2O3/c1-28-23-15-29(14-17-5-3-7-20(27)11-17)16-25(23)32-24-13-19(9-10-22(24)26(28)30)18-6-4-8-21(12-18)31-2/h3-13,23,25H,14-16H2,1-2H3. The van der Waals surface area contributed by atoms with Gasteiger partial charge < -0.3 is 14.4 Å². The fourth-order valence-corrected chi connectivity index (χ4v) is 4.63. The molecule has 6 heteroatoms. The zero-order chi connectivity index (χ0) is 22.2. The monoisotopic (exact) mass is 432 g/mol. The number of likely N-dealkylation sites (tertiary alicyclic amines) is 1. The van der Waals surface area contributed by atoms with Crippen LogP contribution in [0.1, 0.15) is 15.9 Å². The molecule has 3 aromatic carbocycles. The van der Waals surface area contributed by atoms with Gasteiger partial charge in [0.15, 0.2) is 0 Å². The number of hydrogen-bond donors (Lipinski definition) is 0. The summed E-state index contributed by atoms with van der Waals surface area (Å²) in [6.45, 7) is 1.97. The summed E-state index contributed by atoms with van der Waals surface area (Å²) in [5.41, 5.74) is 3.45. The summed E-state index contributed by atoms with van der Waals surface area (Å²) >= 11 is 0. The van der Waals surface area contributed by atoms with E-state index in [4.69, 9.17) is 9.47 Å². The Bertz CT molecular complexity index is 1170. The molecule has 1 amide bonds. The van der Waals surface area contributed by atoms with Gasteiger partial charge in [0.25, 0.3) is 5.91 Å². The fraction of sp³-hybridized carbons (Fsp3) is 0.269. The van der Waals surface area contributed by atoms with Crippen molar-refractivity contribution in [2.45, 2.75) is 18.7 Å². The maximum atomic E-state index is 13.6. The Morgan fingerprint density at radius 1 is 1.03 bits per heavy atom. The van der Waals surface area contributed by atoms with Gasteiger partial charge >= 0.3 is 0 Å². The third kappa shape index (κ3) is 3.82. The van der Waals surface area contributed by atoms with E-state index in [1.807, 2.05) is 55.6 Å². The van der Waals surface area contributed by atoms with Crippen molar-refractivity contribution in [3.8, 4) is 22.6 Å². The predicted octanol–water partition coefficient (Wildman–Crippen LogP) is 4.22. The minimum Gasteiger partial charge on any atom is -0.497 e. The largest absolute Gasteiger partial charge is 0.497 e. The van der Waals surface area contributed by atoms with E-state index in [2.05, 4.69) is 4.90 Å². The predicted molar refractivity (Wildman–Crippen MR) is 120 cm³/mol. The molecule has 2 heterocycles. The van der Waals surface area contributed by atoms with E-state index in [-0.39, 0.29) is 23.9 Å². The van der Waals surface area contributed by atoms with Crippen molar-refractivity contribution in [1.82, 2.24) is 9.80 Å². The fourth-order valence-electron chi connectivity index (χ4n) is 4.63. The number of benzene rings is 3. The van der Waals surface area contributed by atoms with Crippen molar-refractivity contribution in [1.29, 1.82) is 0 Å².